The molecule has 20 heavy (non-hydrogen) atoms. The maximum atomic E-state index is 13.6. The molecule has 1 amide bonds. The van der Waals surface area contributed by atoms with E-state index in [9.17, 15) is 9.18 Å². The van der Waals surface area contributed by atoms with E-state index in [2.05, 4.69) is 12.2 Å². The molecule has 0 aliphatic heterocycles. The molecule has 3 heteroatoms. The number of nitrogens with zero attached hydrogens (tertiary/aromatic N) is 1. The van der Waals surface area contributed by atoms with E-state index in [-0.39, 0.29) is 17.6 Å². The van der Waals surface area contributed by atoms with Crippen LogP contribution in [0.1, 0.15) is 18.4 Å². The largest absolute Gasteiger partial charge is 0.345 e. The van der Waals surface area contributed by atoms with E-state index in [0.717, 1.165) is 12.8 Å². The second-order valence-corrected chi connectivity index (χ2v) is 5.99. The molecular formula is C17H20FNO. The number of likely N-dealkylation sites (N-methyl/N-ethyl adjacent to an activating group) is 1. The topological polar surface area (TPSA) is 20.3 Å². The van der Waals surface area contributed by atoms with Gasteiger partial charge in [-0.3, -0.25) is 4.79 Å². The summed E-state index contributed by atoms with van der Waals surface area (Å²) in [6.07, 6.45) is 7.14. The van der Waals surface area contributed by atoms with Crippen molar-refractivity contribution >= 4 is 5.91 Å². The predicted octanol–water partition coefficient (Wildman–Crippen LogP) is 3.04. The van der Waals surface area contributed by atoms with Gasteiger partial charge < -0.3 is 4.90 Å². The summed E-state index contributed by atoms with van der Waals surface area (Å²) >= 11 is 0. The van der Waals surface area contributed by atoms with Crippen molar-refractivity contribution < 1.29 is 9.18 Å². The highest BCUT2D eigenvalue weighted by atomic mass is 19.1. The molecular weight excluding hydrogens is 253 g/mol. The van der Waals surface area contributed by atoms with Crippen LogP contribution in [-0.4, -0.2) is 24.4 Å². The van der Waals surface area contributed by atoms with Crippen LogP contribution in [0.4, 0.5) is 4.39 Å². The van der Waals surface area contributed by atoms with E-state index in [1.54, 1.807) is 17.0 Å². The van der Waals surface area contributed by atoms with Crippen LogP contribution < -0.4 is 0 Å². The Hall–Kier alpha value is -1.64. The Morgan fingerprint density at radius 1 is 1.30 bits per heavy atom. The van der Waals surface area contributed by atoms with Gasteiger partial charge in [0.25, 0.3) is 0 Å². The van der Waals surface area contributed by atoms with E-state index < -0.39 is 0 Å². The Morgan fingerprint density at radius 2 is 2.10 bits per heavy atom. The normalized spacial score (nSPS) is 27.0. The number of halogens is 1. The number of fused-ring (bicyclic) bond motifs is 2. The zero-order valence-electron chi connectivity index (χ0n) is 11.8. The fourth-order valence-electron chi connectivity index (χ4n) is 3.45. The Labute approximate surface area is 119 Å². The summed E-state index contributed by atoms with van der Waals surface area (Å²) in [6, 6.07) is 6.78. The zero-order chi connectivity index (χ0) is 14.1. The van der Waals surface area contributed by atoms with Gasteiger partial charge in [0.1, 0.15) is 5.82 Å². The third-order valence-electron chi connectivity index (χ3n) is 4.65. The van der Waals surface area contributed by atoms with Gasteiger partial charge in [-0.2, -0.15) is 0 Å². The van der Waals surface area contributed by atoms with E-state index >= 15 is 0 Å². The SMILES string of the molecule is CN(CCc1ccccc1F)C(=O)C1CC2C=CC1C2. The minimum Gasteiger partial charge on any atom is -0.345 e. The molecule has 2 bridgehead atoms. The van der Waals surface area contributed by atoms with Crippen LogP contribution in [0.2, 0.25) is 0 Å². The highest BCUT2D eigenvalue weighted by molar-refractivity contribution is 5.79. The molecule has 0 heterocycles. The molecule has 0 saturated heterocycles. The molecule has 1 fully saturated rings. The Bertz CT molecular complexity index is 540. The van der Waals surface area contributed by atoms with Crippen molar-refractivity contribution in [2.75, 3.05) is 13.6 Å². The monoisotopic (exact) mass is 273 g/mol. The lowest BCUT2D eigenvalue weighted by Crippen LogP contribution is -2.36. The maximum Gasteiger partial charge on any atom is 0.226 e. The summed E-state index contributed by atoms with van der Waals surface area (Å²) in [5, 5.41) is 0. The highest BCUT2D eigenvalue weighted by Crippen LogP contribution is 2.44. The van der Waals surface area contributed by atoms with Gasteiger partial charge in [-0.05, 0) is 42.7 Å². The minimum absolute atomic E-state index is 0.149. The molecule has 0 spiro atoms. The van der Waals surface area contributed by atoms with Crippen LogP contribution in [-0.2, 0) is 11.2 Å². The second-order valence-electron chi connectivity index (χ2n) is 5.99. The van der Waals surface area contributed by atoms with Gasteiger partial charge in [-0.25, -0.2) is 4.39 Å². The number of allylic oxidation sites excluding steroid dienone is 2. The fourth-order valence-corrected chi connectivity index (χ4v) is 3.45. The fraction of sp³-hybridized carbons (Fsp3) is 0.471. The average molecular weight is 273 g/mol. The molecule has 2 aliphatic carbocycles. The standard InChI is InChI=1S/C17H20FNO/c1-19(9-8-13-4-2-3-5-16(13)18)17(20)15-11-12-6-7-14(15)10-12/h2-7,12,14-15H,8-11H2,1H3. The summed E-state index contributed by atoms with van der Waals surface area (Å²) < 4.78 is 13.6. The van der Waals surface area contributed by atoms with Crippen LogP contribution in [0.25, 0.3) is 0 Å². The first-order valence-corrected chi connectivity index (χ1v) is 7.32. The molecule has 3 atom stereocenters. The molecule has 0 N–H and O–H groups in total. The van der Waals surface area contributed by atoms with Crippen molar-refractivity contribution in [1.82, 2.24) is 4.90 Å². The van der Waals surface area contributed by atoms with E-state index in [0.29, 0.717) is 30.4 Å². The summed E-state index contributed by atoms with van der Waals surface area (Å²) in [7, 11) is 1.83. The summed E-state index contributed by atoms with van der Waals surface area (Å²) in [6.45, 7) is 0.581. The van der Waals surface area contributed by atoms with E-state index in [1.807, 2.05) is 13.1 Å². The number of hydrogen-bond acceptors (Lipinski definition) is 1. The highest BCUT2D eigenvalue weighted by Gasteiger charge is 2.40. The average Bonchev–Trinajstić information content (AvgIpc) is 3.08. The van der Waals surface area contributed by atoms with Gasteiger partial charge in [-0.15, -0.1) is 0 Å². The number of carbonyl (C=O) groups excluding carboxylic acids is 1. The first-order valence-electron chi connectivity index (χ1n) is 7.32. The molecule has 1 aromatic carbocycles. The first-order chi connectivity index (χ1) is 9.65. The van der Waals surface area contributed by atoms with Gasteiger partial charge in [0.15, 0.2) is 0 Å². The van der Waals surface area contributed by atoms with Crippen LogP contribution in [0.15, 0.2) is 36.4 Å². The lowest BCUT2D eigenvalue weighted by molar-refractivity contribution is -0.134. The van der Waals surface area contributed by atoms with Crippen LogP contribution in [0.3, 0.4) is 0 Å². The van der Waals surface area contributed by atoms with Crippen LogP contribution in [0, 0.1) is 23.6 Å². The zero-order valence-corrected chi connectivity index (χ0v) is 11.8. The number of rotatable bonds is 4. The maximum absolute atomic E-state index is 13.6. The molecule has 2 nitrogen and oxygen atoms in total. The first kappa shape index (κ1) is 13.3. The Kier molecular flexibility index (Phi) is 3.60. The van der Waals surface area contributed by atoms with Crippen molar-refractivity contribution in [3.05, 3.63) is 47.8 Å². The van der Waals surface area contributed by atoms with Crippen molar-refractivity contribution in [2.45, 2.75) is 19.3 Å². The molecule has 1 saturated carbocycles. The third kappa shape index (κ3) is 2.49. The number of carbonyl (C=O) groups is 1. The van der Waals surface area contributed by atoms with Crippen molar-refractivity contribution in [3.63, 3.8) is 0 Å². The smallest absolute Gasteiger partial charge is 0.226 e. The molecule has 2 aliphatic rings. The molecule has 0 radical (unpaired) electrons. The van der Waals surface area contributed by atoms with Gasteiger partial charge in [0, 0.05) is 19.5 Å². The number of benzene rings is 1. The van der Waals surface area contributed by atoms with Gasteiger partial charge in [-0.1, -0.05) is 30.4 Å². The van der Waals surface area contributed by atoms with Gasteiger partial charge in [0.05, 0.1) is 0 Å². The second kappa shape index (κ2) is 5.39. The van der Waals surface area contributed by atoms with E-state index in [4.69, 9.17) is 0 Å². The quantitative estimate of drug-likeness (QED) is 0.772. The molecule has 1 aromatic rings. The van der Waals surface area contributed by atoms with Gasteiger partial charge >= 0.3 is 0 Å². The molecule has 106 valence electrons. The van der Waals surface area contributed by atoms with Crippen LogP contribution >= 0.6 is 0 Å². The Balaban J connectivity index is 1.57. The van der Waals surface area contributed by atoms with Crippen molar-refractivity contribution in [3.8, 4) is 0 Å². The molecule has 3 rings (SSSR count). The lowest BCUT2D eigenvalue weighted by Gasteiger charge is -2.24. The molecule has 3 unspecified atom stereocenters. The Morgan fingerprint density at radius 3 is 2.75 bits per heavy atom. The molecule has 0 aromatic heterocycles. The third-order valence-corrected chi connectivity index (χ3v) is 4.65. The predicted molar refractivity (Wildman–Crippen MR) is 76.6 cm³/mol. The van der Waals surface area contributed by atoms with Crippen LogP contribution in [0.5, 0.6) is 0 Å². The summed E-state index contributed by atoms with van der Waals surface area (Å²) in [4.78, 5) is 14.2. The van der Waals surface area contributed by atoms with E-state index in [1.165, 1.54) is 6.07 Å². The van der Waals surface area contributed by atoms with Crippen molar-refractivity contribution in [2.24, 2.45) is 17.8 Å². The summed E-state index contributed by atoms with van der Waals surface area (Å²) in [5.74, 6) is 1.22. The van der Waals surface area contributed by atoms with Crippen molar-refractivity contribution in [1.29, 1.82) is 0 Å². The lowest BCUT2D eigenvalue weighted by atomic mass is 9.92. The minimum atomic E-state index is -0.184. The van der Waals surface area contributed by atoms with Gasteiger partial charge in [0.2, 0.25) is 5.91 Å². The number of hydrogen-bond donors (Lipinski definition) is 0. The number of amides is 1. The summed E-state index contributed by atoms with van der Waals surface area (Å²) in [5.41, 5.74) is 0.681.